The molecule has 102 valence electrons. The highest BCUT2D eigenvalue weighted by Crippen LogP contribution is 2.23. The second-order valence-electron chi connectivity index (χ2n) is 4.24. The van der Waals surface area contributed by atoms with Crippen molar-refractivity contribution in [2.75, 3.05) is 11.1 Å². The smallest absolute Gasteiger partial charge is 0.292 e. The van der Waals surface area contributed by atoms with Gasteiger partial charge in [0, 0.05) is 11.8 Å². The first kappa shape index (κ1) is 13.5. The van der Waals surface area contributed by atoms with Crippen LogP contribution in [-0.4, -0.2) is 10.8 Å². The maximum absolute atomic E-state index is 11.9. The first-order valence-electron chi connectivity index (χ1n) is 5.94. The summed E-state index contributed by atoms with van der Waals surface area (Å²) < 4.78 is 0. The largest absolute Gasteiger partial charge is 0.399 e. The molecule has 2 aromatic carbocycles. The van der Waals surface area contributed by atoms with Gasteiger partial charge in [0.05, 0.1) is 11.3 Å². The molecule has 2 aromatic rings. The van der Waals surface area contributed by atoms with E-state index < -0.39 is 4.92 Å². The van der Waals surface area contributed by atoms with E-state index in [1.807, 2.05) is 0 Å². The number of nitrogens with zero attached hydrogens (tertiary/aromatic N) is 1. The van der Waals surface area contributed by atoms with Crippen LogP contribution in [0.25, 0.3) is 0 Å². The molecular weight excluding hydrogens is 258 g/mol. The number of nitro groups is 1. The van der Waals surface area contributed by atoms with E-state index in [1.54, 1.807) is 36.4 Å². The quantitative estimate of drug-likeness (QED) is 0.506. The van der Waals surface area contributed by atoms with Crippen molar-refractivity contribution >= 4 is 23.0 Å². The van der Waals surface area contributed by atoms with Gasteiger partial charge in [-0.2, -0.15) is 0 Å². The van der Waals surface area contributed by atoms with Crippen molar-refractivity contribution in [1.29, 1.82) is 0 Å². The molecule has 0 bridgehead atoms. The van der Waals surface area contributed by atoms with E-state index in [4.69, 9.17) is 5.73 Å². The van der Waals surface area contributed by atoms with E-state index in [0.717, 1.165) is 5.56 Å². The Morgan fingerprint density at radius 2 is 1.80 bits per heavy atom. The number of amides is 1. The number of benzene rings is 2. The fourth-order valence-corrected chi connectivity index (χ4v) is 1.75. The Balaban J connectivity index is 2.08. The highest BCUT2D eigenvalue weighted by atomic mass is 16.6. The molecule has 0 aliphatic rings. The standard InChI is InChI=1S/C14H13N3O3/c15-11-7-5-10(6-8-11)9-14(18)16-12-3-1-2-4-13(12)17(19)20/h1-8H,9,15H2,(H,16,18). The zero-order chi connectivity index (χ0) is 14.5. The predicted molar refractivity (Wildman–Crippen MR) is 76.3 cm³/mol. The molecule has 20 heavy (non-hydrogen) atoms. The summed E-state index contributed by atoms with van der Waals surface area (Å²) in [5.74, 6) is -0.316. The van der Waals surface area contributed by atoms with Crippen LogP contribution in [0.15, 0.2) is 48.5 Å². The van der Waals surface area contributed by atoms with Crippen molar-refractivity contribution in [3.8, 4) is 0 Å². The fraction of sp³-hybridized carbons (Fsp3) is 0.0714. The number of rotatable bonds is 4. The Morgan fingerprint density at radius 3 is 2.45 bits per heavy atom. The van der Waals surface area contributed by atoms with Gasteiger partial charge in [0.15, 0.2) is 0 Å². The van der Waals surface area contributed by atoms with E-state index in [0.29, 0.717) is 5.69 Å². The van der Waals surface area contributed by atoms with Crippen LogP contribution in [-0.2, 0) is 11.2 Å². The molecule has 1 amide bonds. The van der Waals surface area contributed by atoms with Crippen molar-refractivity contribution in [3.05, 3.63) is 64.2 Å². The third-order valence-corrected chi connectivity index (χ3v) is 2.72. The summed E-state index contributed by atoms with van der Waals surface area (Å²) in [4.78, 5) is 22.2. The molecule has 6 heteroatoms. The SMILES string of the molecule is Nc1ccc(CC(=O)Nc2ccccc2[N+](=O)[O-])cc1. The summed E-state index contributed by atoms with van der Waals surface area (Å²) in [6.45, 7) is 0. The van der Waals surface area contributed by atoms with Gasteiger partial charge in [0.25, 0.3) is 5.69 Å². The van der Waals surface area contributed by atoms with Gasteiger partial charge in [-0.25, -0.2) is 0 Å². The van der Waals surface area contributed by atoms with Crippen LogP contribution >= 0.6 is 0 Å². The zero-order valence-corrected chi connectivity index (χ0v) is 10.6. The van der Waals surface area contributed by atoms with E-state index in [2.05, 4.69) is 5.32 Å². The molecule has 0 saturated heterocycles. The maximum Gasteiger partial charge on any atom is 0.292 e. The van der Waals surface area contributed by atoms with Gasteiger partial charge in [-0.05, 0) is 23.8 Å². The van der Waals surface area contributed by atoms with Gasteiger partial charge in [-0.3, -0.25) is 14.9 Å². The molecule has 0 spiro atoms. The Bertz CT molecular complexity index is 638. The number of hydrogen-bond acceptors (Lipinski definition) is 4. The average molecular weight is 271 g/mol. The first-order chi connectivity index (χ1) is 9.56. The zero-order valence-electron chi connectivity index (χ0n) is 10.6. The minimum atomic E-state index is -0.529. The lowest BCUT2D eigenvalue weighted by molar-refractivity contribution is -0.383. The van der Waals surface area contributed by atoms with Gasteiger partial charge in [0.2, 0.25) is 5.91 Å². The summed E-state index contributed by atoms with van der Waals surface area (Å²) in [6.07, 6.45) is 0.131. The molecule has 0 aliphatic heterocycles. The highest BCUT2D eigenvalue weighted by Gasteiger charge is 2.14. The maximum atomic E-state index is 11.9. The molecule has 0 unspecified atom stereocenters. The van der Waals surface area contributed by atoms with E-state index in [9.17, 15) is 14.9 Å². The van der Waals surface area contributed by atoms with Crippen molar-refractivity contribution in [2.45, 2.75) is 6.42 Å². The number of nitro benzene ring substituents is 1. The first-order valence-corrected chi connectivity index (χ1v) is 5.94. The lowest BCUT2D eigenvalue weighted by atomic mass is 10.1. The third-order valence-electron chi connectivity index (χ3n) is 2.72. The topological polar surface area (TPSA) is 98.3 Å². The lowest BCUT2D eigenvalue weighted by Crippen LogP contribution is -2.15. The highest BCUT2D eigenvalue weighted by molar-refractivity contribution is 5.94. The molecule has 0 aliphatic carbocycles. The second-order valence-corrected chi connectivity index (χ2v) is 4.24. The summed E-state index contributed by atoms with van der Waals surface area (Å²) in [5.41, 5.74) is 7.03. The average Bonchev–Trinajstić information content (AvgIpc) is 2.41. The normalized spacial score (nSPS) is 10.0. The molecular formula is C14H13N3O3. The van der Waals surface area contributed by atoms with Crippen LogP contribution in [0.5, 0.6) is 0 Å². The third kappa shape index (κ3) is 3.32. The molecule has 2 rings (SSSR count). The van der Waals surface area contributed by atoms with Gasteiger partial charge in [-0.1, -0.05) is 24.3 Å². The second kappa shape index (κ2) is 5.83. The number of carbonyl (C=O) groups excluding carboxylic acids is 1. The summed E-state index contributed by atoms with van der Waals surface area (Å²) in [6, 6.07) is 12.9. The van der Waals surface area contributed by atoms with Crippen molar-refractivity contribution in [1.82, 2.24) is 0 Å². The fourth-order valence-electron chi connectivity index (χ4n) is 1.75. The van der Waals surface area contributed by atoms with E-state index in [-0.39, 0.29) is 23.7 Å². The Kier molecular flexibility index (Phi) is 3.95. The minimum Gasteiger partial charge on any atom is -0.399 e. The van der Waals surface area contributed by atoms with Crippen molar-refractivity contribution in [3.63, 3.8) is 0 Å². The van der Waals surface area contributed by atoms with Crippen LogP contribution < -0.4 is 11.1 Å². The lowest BCUT2D eigenvalue weighted by Gasteiger charge is -2.06. The summed E-state index contributed by atoms with van der Waals surface area (Å²) in [7, 11) is 0. The molecule has 0 aromatic heterocycles. The van der Waals surface area contributed by atoms with Gasteiger partial charge in [-0.15, -0.1) is 0 Å². The molecule has 0 saturated carbocycles. The molecule has 0 radical (unpaired) electrons. The van der Waals surface area contributed by atoms with Crippen molar-refractivity contribution < 1.29 is 9.72 Å². The number of anilines is 2. The number of nitrogen functional groups attached to an aromatic ring is 1. The number of nitrogens with two attached hydrogens (primary N) is 1. The van der Waals surface area contributed by atoms with Crippen LogP contribution in [0.3, 0.4) is 0 Å². The predicted octanol–water partition coefficient (Wildman–Crippen LogP) is 2.36. The minimum absolute atomic E-state index is 0.127. The number of nitrogens with one attached hydrogen (secondary N) is 1. The Morgan fingerprint density at radius 1 is 1.15 bits per heavy atom. The van der Waals surface area contributed by atoms with Gasteiger partial charge in [0.1, 0.15) is 5.69 Å². The molecule has 0 atom stereocenters. The number of para-hydroxylation sites is 2. The molecule has 3 N–H and O–H groups in total. The molecule has 0 heterocycles. The Labute approximate surface area is 115 Å². The number of carbonyl (C=O) groups is 1. The van der Waals surface area contributed by atoms with Crippen LogP contribution in [0.1, 0.15) is 5.56 Å². The van der Waals surface area contributed by atoms with Crippen molar-refractivity contribution in [2.24, 2.45) is 0 Å². The summed E-state index contributed by atoms with van der Waals surface area (Å²) in [5, 5.41) is 13.4. The van der Waals surface area contributed by atoms with Gasteiger partial charge >= 0.3 is 0 Å². The van der Waals surface area contributed by atoms with Crippen LogP contribution in [0.2, 0.25) is 0 Å². The monoisotopic (exact) mass is 271 g/mol. The molecule has 0 fully saturated rings. The van der Waals surface area contributed by atoms with E-state index in [1.165, 1.54) is 12.1 Å². The number of hydrogen-bond donors (Lipinski definition) is 2. The van der Waals surface area contributed by atoms with E-state index >= 15 is 0 Å². The van der Waals surface area contributed by atoms with Crippen LogP contribution in [0, 0.1) is 10.1 Å². The van der Waals surface area contributed by atoms with Crippen LogP contribution in [0.4, 0.5) is 17.1 Å². The Hall–Kier alpha value is -2.89. The summed E-state index contributed by atoms with van der Waals surface area (Å²) >= 11 is 0. The molecule has 6 nitrogen and oxygen atoms in total. The van der Waals surface area contributed by atoms with Gasteiger partial charge < -0.3 is 11.1 Å².